The van der Waals surface area contributed by atoms with E-state index in [1.807, 2.05) is 0 Å². The maximum absolute atomic E-state index is 14.4. The summed E-state index contributed by atoms with van der Waals surface area (Å²) < 4.78 is 48.2. The SMILES string of the molecule is CCN(CC)CCCNc1c(F)cc(F)c2oc(-c3ccc(N)c(F)c3)cc(=O)c12. The normalized spacial score (nSPS) is 11.4. The average Bonchev–Trinajstić information content (AvgIpc) is 2.72. The van der Waals surface area contributed by atoms with Crippen molar-refractivity contribution in [2.45, 2.75) is 20.3 Å². The summed E-state index contributed by atoms with van der Waals surface area (Å²) in [6, 6.07) is 5.63. The summed E-state index contributed by atoms with van der Waals surface area (Å²) in [5.41, 5.74) is 4.50. The molecule has 0 radical (unpaired) electrons. The lowest BCUT2D eigenvalue weighted by atomic mass is 10.1. The minimum Gasteiger partial charge on any atom is -0.453 e. The van der Waals surface area contributed by atoms with Crippen molar-refractivity contribution < 1.29 is 17.6 Å². The molecular weight excluding hydrogens is 395 g/mol. The van der Waals surface area contributed by atoms with Crippen LogP contribution in [0.4, 0.5) is 24.5 Å². The van der Waals surface area contributed by atoms with E-state index in [2.05, 4.69) is 24.1 Å². The summed E-state index contributed by atoms with van der Waals surface area (Å²) in [7, 11) is 0. The Morgan fingerprint density at radius 1 is 1.03 bits per heavy atom. The third-order valence-electron chi connectivity index (χ3n) is 5.04. The van der Waals surface area contributed by atoms with Gasteiger partial charge in [-0.3, -0.25) is 4.79 Å². The first-order chi connectivity index (χ1) is 14.3. The highest BCUT2D eigenvalue weighted by atomic mass is 19.1. The Bertz CT molecular complexity index is 1110. The summed E-state index contributed by atoms with van der Waals surface area (Å²) in [4.78, 5) is 14.9. The molecule has 0 aliphatic carbocycles. The molecule has 0 unspecified atom stereocenters. The van der Waals surface area contributed by atoms with Crippen molar-refractivity contribution in [3.8, 4) is 11.3 Å². The minimum absolute atomic E-state index is 0.0376. The number of benzene rings is 2. The molecule has 5 nitrogen and oxygen atoms in total. The fourth-order valence-corrected chi connectivity index (χ4v) is 3.32. The van der Waals surface area contributed by atoms with E-state index in [1.54, 1.807) is 0 Å². The number of nitrogens with one attached hydrogen (secondary N) is 1. The van der Waals surface area contributed by atoms with Crippen LogP contribution in [0.2, 0.25) is 0 Å². The Morgan fingerprint density at radius 2 is 1.77 bits per heavy atom. The molecule has 0 amide bonds. The third kappa shape index (κ3) is 4.43. The largest absolute Gasteiger partial charge is 0.453 e. The van der Waals surface area contributed by atoms with Gasteiger partial charge in [-0.25, -0.2) is 13.2 Å². The van der Waals surface area contributed by atoms with Gasteiger partial charge in [0.1, 0.15) is 17.4 Å². The zero-order valence-corrected chi connectivity index (χ0v) is 16.9. The summed E-state index contributed by atoms with van der Waals surface area (Å²) in [6.45, 7) is 7.13. The van der Waals surface area contributed by atoms with Crippen LogP contribution < -0.4 is 16.5 Å². The maximum Gasteiger partial charge on any atom is 0.195 e. The first-order valence-electron chi connectivity index (χ1n) is 9.83. The van der Waals surface area contributed by atoms with E-state index in [0.717, 1.165) is 31.8 Å². The van der Waals surface area contributed by atoms with Crippen molar-refractivity contribution in [2.24, 2.45) is 0 Å². The van der Waals surface area contributed by atoms with Crippen LogP contribution in [0.25, 0.3) is 22.3 Å². The fraction of sp³-hybridized carbons (Fsp3) is 0.318. The first kappa shape index (κ1) is 21.7. The molecule has 0 aliphatic rings. The van der Waals surface area contributed by atoms with Crippen LogP contribution in [0.1, 0.15) is 20.3 Å². The third-order valence-corrected chi connectivity index (χ3v) is 5.04. The number of nitrogens with zero attached hydrogens (tertiary/aromatic N) is 1. The van der Waals surface area contributed by atoms with E-state index in [4.69, 9.17) is 10.2 Å². The number of nitrogen functional groups attached to an aromatic ring is 1. The van der Waals surface area contributed by atoms with Crippen molar-refractivity contribution in [3.63, 3.8) is 0 Å². The van der Waals surface area contributed by atoms with Crippen LogP contribution in [-0.2, 0) is 0 Å². The number of nitrogens with two attached hydrogens (primary N) is 1. The van der Waals surface area contributed by atoms with Gasteiger partial charge in [-0.2, -0.15) is 0 Å². The number of hydrogen-bond acceptors (Lipinski definition) is 5. The van der Waals surface area contributed by atoms with Crippen molar-refractivity contribution >= 4 is 22.3 Å². The molecule has 0 spiro atoms. The highest BCUT2D eigenvalue weighted by Gasteiger charge is 2.19. The van der Waals surface area contributed by atoms with Gasteiger partial charge in [0.2, 0.25) is 0 Å². The second-order valence-corrected chi connectivity index (χ2v) is 6.94. The van der Waals surface area contributed by atoms with E-state index in [0.29, 0.717) is 19.0 Å². The van der Waals surface area contributed by atoms with Gasteiger partial charge in [-0.05, 0) is 44.3 Å². The zero-order chi connectivity index (χ0) is 21.8. The smallest absolute Gasteiger partial charge is 0.195 e. The predicted molar refractivity (Wildman–Crippen MR) is 113 cm³/mol. The van der Waals surface area contributed by atoms with Crippen LogP contribution in [0.3, 0.4) is 0 Å². The molecule has 1 aromatic heterocycles. The van der Waals surface area contributed by atoms with E-state index in [1.165, 1.54) is 12.1 Å². The standard InChI is InChI=1S/C22H24F3N3O2/c1-3-28(4-2)9-5-8-27-21-15(24)11-16(25)22-20(21)18(29)12-19(30-22)13-6-7-17(26)14(23)10-13/h6-7,10-12,27H,3-5,8-9,26H2,1-2H3. The van der Waals surface area contributed by atoms with Gasteiger partial charge in [0, 0.05) is 24.2 Å². The average molecular weight is 419 g/mol. The highest BCUT2D eigenvalue weighted by Crippen LogP contribution is 2.31. The fourth-order valence-electron chi connectivity index (χ4n) is 3.32. The summed E-state index contributed by atoms with van der Waals surface area (Å²) >= 11 is 0. The van der Waals surface area contributed by atoms with E-state index >= 15 is 0 Å². The van der Waals surface area contributed by atoms with Crippen molar-refractivity contribution in [3.05, 3.63) is 58.0 Å². The molecule has 0 saturated heterocycles. The molecule has 0 fully saturated rings. The molecule has 0 atom stereocenters. The topological polar surface area (TPSA) is 71.5 Å². The van der Waals surface area contributed by atoms with Gasteiger partial charge in [-0.1, -0.05) is 13.8 Å². The lowest BCUT2D eigenvalue weighted by molar-refractivity contribution is 0.303. The van der Waals surface area contributed by atoms with E-state index < -0.39 is 22.9 Å². The van der Waals surface area contributed by atoms with Gasteiger partial charge >= 0.3 is 0 Å². The van der Waals surface area contributed by atoms with Crippen molar-refractivity contribution in [1.29, 1.82) is 0 Å². The second kappa shape index (κ2) is 9.21. The van der Waals surface area contributed by atoms with Gasteiger partial charge in [0.15, 0.2) is 16.8 Å². The molecule has 3 rings (SSSR count). The Morgan fingerprint density at radius 3 is 2.43 bits per heavy atom. The minimum atomic E-state index is -1.01. The zero-order valence-electron chi connectivity index (χ0n) is 16.9. The Labute approximate surface area is 172 Å². The quantitative estimate of drug-likeness (QED) is 0.412. The van der Waals surface area contributed by atoms with Crippen LogP contribution in [0, 0.1) is 17.5 Å². The van der Waals surface area contributed by atoms with Gasteiger partial charge < -0.3 is 20.4 Å². The van der Waals surface area contributed by atoms with Crippen LogP contribution >= 0.6 is 0 Å². The van der Waals surface area contributed by atoms with E-state index in [-0.39, 0.29) is 33.7 Å². The Balaban J connectivity index is 1.97. The molecule has 3 aromatic rings. The molecule has 2 aromatic carbocycles. The molecule has 0 saturated carbocycles. The monoisotopic (exact) mass is 419 g/mol. The molecule has 8 heteroatoms. The first-order valence-corrected chi connectivity index (χ1v) is 9.83. The molecule has 30 heavy (non-hydrogen) atoms. The lowest BCUT2D eigenvalue weighted by Crippen LogP contribution is -2.25. The molecule has 3 N–H and O–H groups in total. The Hall–Kier alpha value is -3.00. The Kier molecular flexibility index (Phi) is 6.66. The molecule has 160 valence electrons. The number of hydrogen-bond donors (Lipinski definition) is 2. The predicted octanol–water partition coefficient (Wildman–Crippen LogP) is 4.60. The number of rotatable bonds is 8. The number of halogens is 3. The highest BCUT2D eigenvalue weighted by molar-refractivity contribution is 5.91. The molecule has 0 aliphatic heterocycles. The summed E-state index contributed by atoms with van der Waals surface area (Å²) in [6.07, 6.45) is 0.716. The number of anilines is 2. The van der Waals surface area contributed by atoms with Gasteiger partial charge in [0.05, 0.1) is 16.8 Å². The van der Waals surface area contributed by atoms with Gasteiger partial charge in [0.25, 0.3) is 0 Å². The maximum atomic E-state index is 14.4. The van der Waals surface area contributed by atoms with Crippen LogP contribution in [0.5, 0.6) is 0 Å². The van der Waals surface area contributed by atoms with Crippen LogP contribution in [0.15, 0.2) is 39.5 Å². The summed E-state index contributed by atoms with van der Waals surface area (Å²) in [5.74, 6) is -2.61. The van der Waals surface area contributed by atoms with E-state index in [9.17, 15) is 18.0 Å². The van der Waals surface area contributed by atoms with Crippen LogP contribution in [-0.4, -0.2) is 31.1 Å². The molecular formula is C22H24F3N3O2. The van der Waals surface area contributed by atoms with Gasteiger partial charge in [-0.15, -0.1) is 0 Å². The summed E-state index contributed by atoms with van der Waals surface area (Å²) in [5, 5.41) is 2.69. The second-order valence-electron chi connectivity index (χ2n) is 6.94. The van der Waals surface area contributed by atoms with Crippen molar-refractivity contribution in [2.75, 3.05) is 37.2 Å². The molecule has 1 heterocycles. The lowest BCUT2D eigenvalue weighted by Gasteiger charge is -2.18. The molecule has 0 bridgehead atoms. The van der Waals surface area contributed by atoms with Crippen molar-refractivity contribution in [1.82, 2.24) is 4.90 Å². The number of fused-ring (bicyclic) bond motifs is 1.